The highest BCUT2D eigenvalue weighted by atomic mass is 16.5. The van der Waals surface area contributed by atoms with Crippen molar-refractivity contribution in [1.29, 1.82) is 5.41 Å². The highest BCUT2D eigenvalue weighted by molar-refractivity contribution is 6.09. The van der Waals surface area contributed by atoms with E-state index in [2.05, 4.69) is 10.6 Å². The van der Waals surface area contributed by atoms with Crippen molar-refractivity contribution in [3.8, 4) is 23.0 Å². The van der Waals surface area contributed by atoms with Crippen molar-refractivity contribution in [3.63, 3.8) is 0 Å². The molecular weight excluding hydrogens is 430 g/mol. The van der Waals surface area contributed by atoms with Gasteiger partial charge < -0.3 is 34.7 Å². The number of carbonyl (C=O) groups excluding carboxylic acids is 1. The number of rotatable bonds is 11. The number of hydrogen-bond donors (Lipinski definition) is 4. The lowest BCUT2D eigenvalue weighted by atomic mass is 10.1. The van der Waals surface area contributed by atoms with E-state index in [1.807, 2.05) is 6.92 Å². The van der Waals surface area contributed by atoms with Crippen LogP contribution in [0, 0.1) is 5.41 Å². The number of ether oxygens (including phenoxy) is 4. The Hall–Kier alpha value is -4.05. The Morgan fingerprint density at radius 2 is 1.85 bits per heavy atom. The van der Waals surface area contributed by atoms with Crippen LogP contribution in [-0.4, -0.2) is 56.8 Å². The largest absolute Gasteiger partial charge is 0.496 e. The maximum absolute atomic E-state index is 12.7. The zero-order chi connectivity index (χ0) is 24.4. The number of hydrogen-bond acceptors (Lipinski definition) is 8. The number of aromatic carboxylic acids is 1. The highest BCUT2D eigenvalue weighted by Crippen LogP contribution is 2.31. The van der Waals surface area contributed by atoms with Crippen molar-refractivity contribution < 1.29 is 33.6 Å². The SMILES string of the molecule is CN/C=C\C(=N)NC(=O)c1cc(Oc2ccc(C(=O)O)c(OC)c2)cc(OC(C)COC)c1. The van der Waals surface area contributed by atoms with Crippen molar-refractivity contribution in [1.82, 2.24) is 10.6 Å². The van der Waals surface area contributed by atoms with E-state index in [4.69, 9.17) is 24.4 Å². The van der Waals surface area contributed by atoms with Crippen LogP contribution in [0.3, 0.4) is 0 Å². The van der Waals surface area contributed by atoms with Gasteiger partial charge in [0.2, 0.25) is 0 Å². The zero-order valence-electron chi connectivity index (χ0n) is 18.8. The summed E-state index contributed by atoms with van der Waals surface area (Å²) in [6.45, 7) is 2.14. The summed E-state index contributed by atoms with van der Waals surface area (Å²) >= 11 is 0. The fourth-order valence-electron chi connectivity index (χ4n) is 2.78. The van der Waals surface area contributed by atoms with Gasteiger partial charge >= 0.3 is 5.97 Å². The van der Waals surface area contributed by atoms with Gasteiger partial charge in [-0.25, -0.2) is 4.79 Å². The van der Waals surface area contributed by atoms with Gasteiger partial charge in [-0.05, 0) is 43.5 Å². The second-order valence-electron chi connectivity index (χ2n) is 6.84. The van der Waals surface area contributed by atoms with Crippen molar-refractivity contribution in [2.45, 2.75) is 13.0 Å². The number of carbonyl (C=O) groups is 2. The Bertz CT molecular complexity index is 1040. The molecule has 0 bridgehead atoms. The van der Waals surface area contributed by atoms with Crippen LogP contribution < -0.4 is 24.8 Å². The van der Waals surface area contributed by atoms with Gasteiger partial charge in [-0.2, -0.15) is 0 Å². The molecule has 2 aromatic rings. The Labute approximate surface area is 191 Å². The molecule has 0 spiro atoms. The Morgan fingerprint density at radius 3 is 2.48 bits per heavy atom. The number of carboxylic acids is 1. The highest BCUT2D eigenvalue weighted by Gasteiger charge is 2.16. The maximum atomic E-state index is 12.7. The fraction of sp³-hybridized carbons (Fsp3) is 0.261. The lowest BCUT2D eigenvalue weighted by molar-refractivity contribution is 0.0693. The van der Waals surface area contributed by atoms with Crippen LogP contribution in [0.5, 0.6) is 23.0 Å². The maximum Gasteiger partial charge on any atom is 0.339 e. The van der Waals surface area contributed by atoms with Crippen molar-refractivity contribution in [2.24, 2.45) is 0 Å². The molecule has 1 atom stereocenters. The van der Waals surface area contributed by atoms with Crippen LogP contribution in [0.25, 0.3) is 0 Å². The normalized spacial score (nSPS) is 11.5. The number of benzene rings is 2. The molecule has 33 heavy (non-hydrogen) atoms. The Balaban J connectivity index is 2.37. The van der Waals surface area contributed by atoms with E-state index in [1.165, 1.54) is 49.7 Å². The molecule has 0 radical (unpaired) electrons. The number of amidine groups is 1. The lowest BCUT2D eigenvalue weighted by Crippen LogP contribution is -2.28. The predicted octanol–water partition coefficient (Wildman–Crippen LogP) is 3.04. The summed E-state index contributed by atoms with van der Waals surface area (Å²) in [5, 5.41) is 22.3. The third kappa shape index (κ3) is 7.54. The molecule has 0 aliphatic carbocycles. The van der Waals surface area contributed by atoms with E-state index in [9.17, 15) is 14.7 Å². The van der Waals surface area contributed by atoms with Gasteiger partial charge in [-0.3, -0.25) is 10.2 Å². The molecule has 0 saturated carbocycles. The first kappa shape index (κ1) is 25.2. The molecule has 2 rings (SSSR count). The summed E-state index contributed by atoms with van der Waals surface area (Å²) < 4.78 is 21.9. The molecule has 1 unspecified atom stereocenters. The molecule has 176 valence electrons. The molecule has 0 fully saturated rings. The van der Waals surface area contributed by atoms with Gasteiger partial charge in [0.05, 0.1) is 13.7 Å². The molecule has 10 nitrogen and oxygen atoms in total. The van der Waals surface area contributed by atoms with E-state index in [-0.39, 0.29) is 34.6 Å². The topological polar surface area (TPSA) is 139 Å². The molecule has 0 aliphatic heterocycles. The zero-order valence-corrected chi connectivity index (χ0v) is 18.8. The standard InChI is InChI=1S/C23H27N3O7/c1-14(13-30-3)32-17-9-15(22(27)26-21(24)7-8-25-2)10-18(11-17)33-16-5-6-19(23(28)29)20(12-16)31-4/h5-12,14,25H,13H2,1-4H3,(H,28,29)(H2,24,26,27)/b8-7-. The third-order valence-corrected chi connectivity index (χ3v) is 4.18. The Morgan fingerprint density at radius 1 is 1.12 bits per heavy atom. The van der Waals surface area contributed by atoms with Gasteiger partial charge in [0.25, 0.3) is 5.91 Å². The van der Waals surface area contributed by atoms with Gasteiger partial charge in [-0.15, -0.1) is 0 Å². The molecule has 2 aromatic carbocycles. The van der Waals surface area contributed by atoms with Crippen LogP contribution >= 0.6 is 0 Å². The van der Waals surface area contributed by atoms with Crippen LogP contribution in [-0.2, 0) is 4.74 Å². The summed E-state index contributed by atoms with van der Waals surface area (Å²) in [4.78, 5) is 24.0. The predicted molar refractivity (Wildman–Crippen MR) is 122 cm³/mol. The second-order valence-corrected chi connectivity index (χ2v) is 6.84. The minimum absolute atomic E-state index is 0.0106. The molecule has 0 aliphatic rings. The molecule has 10 heteroatoms. The van der Waals surface area contributed by atoms with Gasteiger partial charge in [0.15, 0.2) is 0 Å². The van der Waals surface area contributed by atoms with E-state index in [0.717, 1.165) is 0 Å². The summed E-state index contributed by atoms with van der Waals surface area (Å²) in [7, 11) is 4.59. The van der Waals surface area contributed by atoms with E-state index < -0.39 is 11.9 Å². The monoisotopic (exact) mass is 457 g/mol. The van der Waals surface area contributed by atoms with Gasteiger partial charge in [0, 0.05) is 31.9 Å². The average Bonchev–Trinajstić information content (AvgIpc) is 2.77. The van der Waals surface area contributed by atoms with Crippen molar-refractivity contribution in [3.05, 3.63) is 59.8 Å². The summed E-state index contributed by atoms with van der Waals surface area (Å²) in [6, 6.07) is 8.87. The van der Waals surface area contributed by atoms with Gasteiger partial charge in [-0.1, -0.05) is 0 Å². The Kier molecular flexibility index (Phi) is 9.25. The fourth-order valence-corrected chi connectivity index (χ4v) is 2.78. The van der Waals surface area contributed by atoms with Crippen LogP contribution in [0.15, 0.2) is 48.7 Å². The number of amides is 1. The molecule has 0 heterocycles. The summed E-state index contributed by atoms with van der Waals surface area (Å²) in [5.74, 6) is -0.717. The first-order valence-electron chi connectivity index (χ1n) is 9.91. The van der Waals surface area contributed by atoms with Crippen molar-refractivity contribution >= 4 is 17.7 Å². The number of methoxy groups -OCH3 is 2. The van der Waals surface area contributed by atoms with Crippen molar-refractivity contribution in [2.75, 3.05) is 27.9 Å². The minimum atomic E-state index is -1.13. The van der Waals surface area contributed by atoms with E-state index >= 15 is 0 Å². The number of carboxylic acid groups (broad SMARTS) is 1. The molecular formula is C23H27N3O7. The smallest absolute Gasteiger partial charge is 0.339 e. The molecule has 0 saturated heterocycles. The number of nitrogens with one attached hydrogen (secondary N) is 3. The molecule has 4 N–H and O–H groups in total. The second kappa shape index (κ2) is 12.1. The van der Waals surface area contributed by atoms with Gasteiger partial charge in [0.1, 0.15) is 40.5 Å². The summed E-state index contributed by atoms with van der Waals surface area (Å²) in [5.41, 5.74) is 0.187. The quantitative estimate of drug-likeness (QED) is 0.298. The minimum Gasteiger partial charge on any atom is -0.496 e. The molecule has 1 amide bonds. The van der Waals surface area contributed by atoms with Crippen LogP contribution in [0.1, 0.15) is 27.6 Å². The van der Waals surface area contributed by atoms with Crippen LogP contribution in [0.4, 0.5) is 0 Å². The third-order valence-electron chi connectivity index (χ3n) is 4.18. The van der Waals surface area contributed by atoms with Crippen LogP contribution in [0.2, 0.25) is 0 Å². The van der Waals surface area contributed by atoms with E-state index in [0.29, 0.717) is 18.1 Å². The lowest BCUT2D eigenvalue weighted by Gasteiger charge is -2.16. The van der Waals surface area contributed by atoms with E-state index in [1.54, 1.807) is 20.2 Å². The summed E-state index contributed by atoms with van der Waals surface area (Å²) in [6.07, 6.45) is 2.61. The first-order valence-corrected chi connectivity index (χ1v) is 9.91. The first-order chi connectivity index (χ1) is 15.8. The average molecular weight is 457 g/mol. The molecule has 0 aromatic heterocycles.